The summed E-state index contributed by atoms with van der Waals surface area (Å²) >= 11 is 0. The molecule has 30 heavy (non-hydrogen) atoms. The maximum atomic E-state index is 12.4. The van der Waals surface area contributed by atoms with Crippen LogP contribution >= 0.6 is 0 Å². The third-order valence-electron chi connectivity index (χ3n) is 3.90. The summed E-state index contributed by atoms with van der Waals surface area (Å²) in [5.41, 5.74) is 0.845. The number of nitrogens with one attached hydrogen (secondary N) is 2. The Bertz CT molecular complexity index is 983. The van der Waals surface area contributed by atoms with Crippen LogP contribution in [0.2, 0.25) is 0 Å². The first-order chi connectivity index (χ1) is 14.2. The number of imide groups is 1. The van der Waals surface area contributed by atoms with Crippen molar-refractivity contribution in [2.75, 3.05) is 13.6 Å². The second-order valence-electron chi connectivity index (χ2n) is 6.24. The molecule has 0 saturated carbocycles. The highest BCUT2D eigenvalue weighted by molar-refractivity contribution is 7.89. The zero-order valence-electron chi connectivity index (χ0n) is 16.4. The van der Waals surface area contributed by atoms with Crippen LogP contribution in [-0.2, 0) is 30.9 Å². The van der Waals surface area contributed by atoms with Crippen molar-refractivity contribution < 1.29 is 27.5 Å². The van der Waals surface area contributed by atoms with Gasteiger partial charge in [-0.15, -0.1) is 0 Å². The van der Waals surface area contributed by atoms with Gasteiger partial charge in [-0.25, -0.2) is 13.2 Å². The fraction of sp³-hybridized carbons (Fsp3) is 0.263. The monoisotopic (exact) mass is 434 g/mol. The van der Waals surface area contributed by atoms with E-state index < -0.39 is 40.6 Å². The Labute approximate surface area is 174 Å². The molecular weight excluding hydrogens is 412 g/mol. The van der Waals surface area contributed by atoms with Gasteiger partial charge in [0.25, 0.3) is 5.91 Å². The number of benzene rings is 1. The molecule has 10 nitrogen and oxygen atoms in total. The summed E-state index contributed by atoms with van der Waals surface area (Å²) in [4.78, 5) is 39.5. The van der Waals surface area contributed by atoms with Gasteiger partial charge in [-0.1, -0.05) is 30.3 Å². The molecule has 1 aromatic heterocycles. The average Bonchev–Trinajstić information content (AvgIpc) is 2.73. The number of sulfonamides is 1. The molecule has 2 aromatic rings. The van der Waals surface area contributed by atoms with E-state index in [-0.39, 0.29) is 11.4 Å². The number of hydrogen-bond donors (Lipinski definition) is 2. The summed E-state index contributed by atoms with van der Waals surface area (Å²) in [5.74, 6) is -1.79. The summed E-state index contributed by atoms with van der Waals surface area (Å²) in [6.45, 7) is 0.869. The fourth-order valence-electron chi connectivity index (χ4n) is 2.27. The molecule has 0 saturated heterocycles. The Kier molecular flexibility index (Phi) is 8.01. The summed E-state index contributed by atoms with van der Waals surface area (Å²) < 4.78 is 30.4. The number of pyridine rings is 1. The van der Waals surface area contributed by atoms with E-state index in [0.29, 0.717) is 0 Å². The first kappa shape index (κ1) is 23.0. The van der Waals surface area contributed by atoms with Crippen molar-refractivity contribution in [3.05, 3.63) is 60.4 Å². The number of nitrogens with zero attached hydrogens (tertiary/aromatic N) is 2. The van der Waals surface area contributed by atoms with Crippen molar-refractivity contribution in [3.63, 3.8) is 0 Å². The molecule has 0 spiro atoms. The van der Waals surface area contributed by atoms with Crippen LogP contribution in [0.15, 0.2) is 59.8 Å². The molecule has 1 atom stereocenters. The Balaban J connectivity index is 1.81. The van der Waals surface area contributed by atoms with Gasteiger partial charge in [0.2, 0.25) is 10.0 Å². The minimum absolute atomic E-state index is 0.0822. The predicted molar refractivity (Wildman–Crippen MR) is 106 cm³/mol. The number of urea groups is 1. The fourth-order valence-corrected chi connectivity index (χ4v) is 3.35. The van der Waals surface area contributed by atoms with Gasteiger partial charge in [-0.2, -0.15) is 4.31 Å². The number of aromatic nitrogens is 1. The van der Waals surface area contributed by atoms with Crippen LogP contribution < -0.4 is 10.6 Å². The number of carbonyl (C=O) groups excluding carboxylic acids is 3. The van der Waals surface area contributed by atoms with Gasteiger partial charge < -0.3 is 10.1 Å². The maximum absolute atomic E-state index is 12.4. The van der Waals surface area contributed by atoms with E-state index in [0.717, 1.165) is 16.1 Å². The van der Waals surface area contributed by atoms with Crippen LogP contribution in [-0.4, -0.2) is 55.3 Å². The van der Waals surface area contributed by atoms with Crippen molar-refractivity contribution in [2.24, 2.45) is 0 Å². The molecule has 0 unspecified atom stereocenters. The SMILES string of the molecule is C[C@@H](OC(=O)CN(C)S(=O)(=O)c1cccnc1)C(=O)NC(=O)NCc1ccccc1. The number of amides is 3. The van der Waals surface area contributed by atoms with Gasteiger partial charge in [0.15, 0.2) is 6.10 Å². The second-order valence-corrected chi connectivity index (χ2v) is 8.28. The van der Waals surface area contributed by atoms with E-state index in [1.54, 1.807) is 0 Å². The van der Waals surface area contributed by atoms with Crippen LogP contribution in [0.4, 0.5) is 4.79 Å². The topological polar surface area (TPSA) is 135 Å². The predicted octanol–water partition coefficient (Wildman–Crippen LogP) is 0.660. The highest BCUT2D eigenvalue weighted by atomic mass is 32.2. The Morgan fingerprint density at radius 3 is 2.47 bits per heavy atom. The molecule has 2 N–H and O–H groups in total. The van der Waals surface area contributed by atoms with Gasteiger partial charge in [-0.3, -0.25) is 19.9 Å². The van der Waals surface area contributed by atoms with E-state index in [1.165, 1.54) is 32.3 Å². The molecule has 0 aliphatic rings. The van der Waals surface area contributed by atoms with Gasteiger partial charge >= 0.3 is 12.0 Å². The average molecular weight is 434 g/mol. The Hall–Kier alpha value is -3.31. The lowest BCUT2D eigenvalue weighted by Gasteiger charge is -2.18. The lowest BCUT2D eigenvalue weighted by Crippen LogP contribution is -2.45. The molecular formula is C19H22N4O6S. The number of ether oxygens (including phenoxy) is 1. The summed E-state index contributed by atoms with van der Waals surface area (Å²) in [6.07, 6.45) is 1.28. The number of carbonyl (C=O) groups is 3. The van der Waals surface area contributed by atoms with Crippen LogP contribution in [0.25, 0.3) is 0 Å². The molecule has 11 heteroatoms. The van der Waals surface area contributed by atoms with Crippen LogP contribution in [0.5, 0.6) is 0 Å². The molecule has 0 radical (unpaired) electrons. The number of esters is 1. The largest absolute Gasteiger partial charge is 0.452 e. The molecule has 160 valence electrons. The second kappa shape index (κ2) is 10.5. The smallest absolute Gasteiger partial charge is 0.322 e. The van der Waals surface area contributed by atoms with Gasteiger partial charge in [0.05, 0.1) is 0 Å². The van der Waals surface area contributed by atoms with E-state index in [9.17, 15) is 22.8 Å². The molecule has 3 amide bonds. The lowest BCUT2D eigenvalue weighted by molar-refractivity contribution is -0.154. The minimum atomic E-state index is -3.94. The maximum Gasteiger partial charge on any atom is 0.322 e. The molecule has 1 aromatic carbocycles. The molecule has 2 rings (SSSR count). The molecule has 0 aliphatic heterocycles. The zero-order valence-corrected chi connectivity index (χ0v) is 17.3. The minimum Gasteiger partial charge on any atom is -0.452 e. The van der Waals surface area contributed by atoms with Gasteiger partial charge in [0, 0.05) is 26.0 Å². The summed E-state index contributed by atoms with van der Waals surface area (Å²) in [7, 11) is -2.74. The standard InChI is InChI=1S/C19H22N4O6S/c1-14(18(25)22-19(26)21-11-15-7-4-3-5-8-15)29-17(24)13-23(2)30(27,28)16-9-6-10-20-12-16/h3-10,12,14H,11,13H2,1-2H3,(H2,21,22,25,26)/t14-/m1/s1. The molecule has 0 bridgehead atoms. The van der Waals surface area contributed by atoms with Crippen molar-refractivity contribution in [3.8, 4) is 0 Å². The molecule has 1 heterocycles. The van der Waals surface area contributed by atoms with Crippen molar-refractivity contribution in [1.82, 2.24) is 19.9 Å². The number of hydrogen-bond acceptors (Lipinski definition) is 7. The van der Waals surface area contributed by atoms with Crippen LogP contribution in [0.1, 0.15) is 12.5 Å². The van der Waals surface area contributed by atoms with Gasteiger partial charge in [0.1, 0.15) is 11.4 Å². The number of likely N-dealkylation sites (N-methyl/N-ethyl adjacent to an activating group) is 1. The quantitative estimate of drug-likeness (QED) is 0.583. The normalized spacial score (nSPS) is 12.1. The Morgan fingerprint density at radius 2 is 1.83 bits per heavy atom. The molecule has 0 aliphatic carbocycles. The van der Waals surface area contributed by atoms with Crippen LogP contribution in [0, 0.1) is 0 Å². The Morgan fingerprint density at radius 1 is 1.13 bits per heavy atom. The zero-order chi connectivity index (χ0) is 22.1. The third kappa shape index (κ3) is 6.64. The van der Waals surface area contributed by atoms with E-state index >= 15 is 0 Å². The highest BCUT2D eigenvalue weighted by Crippen LogP contribution is 2.12. The highest BCUT2D eigenvalue weighted by Gasteiger charge is 2.26. The van der Waals surface area contributed by atoms with Crippen LogP contribution in [0.3, 0.4) is 0 Å². The van der Waals surface area contributed by atoms with Crippen molar-refractivity contribution >= 4 is 27.9 Å². The first-order valence-corrected chi connectivity index (χ1v) is 10.3. The lowest BCUT2D eigenvalue weighted by atomic mass is 10.2. The number of rotatable bonds is 8. The van der Waals surface area contributed by atoms with Crippen molar-refractivity contribution in [2.45, 2.75) is 24.5 Å². The van der Waals surface area contributed by atoms with E-state index in [2.05, 4.69) is 15.6 Å². The van der Waals surface area contributed by atoms with E-state index in [4.69, 9.17) is 4.74 Å². The van der Waals surface area contributed by atoms with Crippen molar-refractivity contribution in [1.29, 1.82) is 0 Å². The summed E-state index contributed by atoms with van der Waals surface area (Å²) in [5, 5.41) is 4.56. The third-order valence-corrected chi connectivity index (χ3v) is 5.69. The molecule has 0 fully saturated rings. The van der Waals surface area contributed by atoms with Gasteiger partial charge in [-0.05, 0) is 24.6 Å². The summed E-state index contributed by atoms with van der Waals surface area (Å²) in [6, 6.07) is 11.1. The first-order valence-electron chi connectivity index (χ1n) is 8.88. The van der Waals surface area contributed by atoms with E-state index in [1.807, 2.05) is 30.3 Å².